The quantitative estimate of drug-likeness (QED) is 0.248. The molecule has 1 aliphatic heterocycles. The van der Waals surface area contributed by atoms with Crippen LogP contribution in [0.2, 0.25) is 5.02 Å². The van der Waals surface area contributed by atoms with Crippen molar-refractivity contribution < 1.29 is 28.5 Å². The summed E-state index contributed by atoms with van der Waals surface area (Å²) in [4.78, 5) is 29.7. The van der Waals surface area contributed by atoms with E-state index in [0.717, 1.165) is 21.4 Å². The third-order valence-electron chi connectivity index (χ3n) is 6.78. The highest BCUT2D eigenvalue weighted by Crippen LogP contribution is 2.41. The molecule has 218 valence electrons. The molecule has 0 radical (unpaired) electrons. The zero-order chi connectivity index (χ0) is 30.0. The van der Waals surface area contributed by atoms with Crippen LogP contribution in [0.4, 0.5) is 5.13 Å². The zero-order valence-electron chi connectivity index (χ0n) is 23.7. The van der Waals surface area contributed by atoms with Gasteiger partial charge in [0.15, 0.2) is 23.2 Å². The summed E-state index contributed by atoms with van der Waals surface area (Å²) in [6.45, 7) is 3.15. The van der Waals surface area contributed by atoms with E-state index in [1.807, 2.05) is 43.3 Å². The number of benzene rings is 3. The lowest BCUT2D eigenvalue weighted by Gasteiger charge is -2.21. The van der Waals surface area contributed by atoms with Gasteiger partial charge in [-0.1, -0.05) is 35.1 Å². The summed E-state index contributed by atoms with van der Waals surface area (Å²) in [5.41, 5.74) is 3.82. The molecule has 42 heavy (non-hydrogen) atoms. The Morgan fingerprint density at radius 2 is 1.76 bits per heavy atom. The maximum atomic E-state index is 12.7. The first kappa shape index (κ1) is 29.2. The molecule has 0 aliphatic carbocycles. The molecule has 1 unspecified atom stereocenters. The highest BCUT2D eigenvalue weighted by atomic mass is 35.5. The van der Waals surface area contributed by atoms with Gasteiger partial charge in [-0.3, -0.25) is 14.9 Å². The lowest BCUT2D eigenvalue weighted by Crippen LogP contribution is -2.24. The number of hydrogen-bond acceptors (Lipinski definition) is 9. The number of anilines is 1. The summed E-state index contributed by atoms with van der Waals surface area (Å²) in [5.74, 6) is 1.44. The van der Waals surface area contributed by atoms with Crippen molar-refractivity contribution in [1.29, 1.82) is 0 Å². The van der Waals surface area contributed by atoms with Crippen molar-refractivity contribution in [1.82, 2.24) is 9.99 Å². The van der Waals surface area contributed by atoms with Gasteiger partial charge in [0.25, 0.3) is 5.91 Å². The molecule has 5 rings (SSSR count). The first-order valence-electron chi connectivity index (χ1n) is 13.0. The van der Waals surface area contributed by atoms with Gasteiger partial charge in [-0.25, -0.2) is 9.99 Å². The van der Waals surface area contributed by atoms with Crippen LogP contribution in [0.15, 0.2) is 53.6 Å². The fraction of sp³-hybridized carbons (Fsp3) is 0.267. The Balaban J connectivity index is 1.33. The molecule has 10 nitrogen and oxygen atoms in total. The first-order valence-corrected chi connectivity index (χ1v) is 14.2. The van der Waals surface area contributed by atoms with Crippen LogP contribution >= 0.6 is 22.9 Å². The smallest absolute Gasteiger partial charge is 0.264 e. The predicted molar refractivity (Wildman–Crippen MR) is 162 cm³/mol. The minimum atomic E-state index is -0.372. The number of halogens is 1. The van der Waals surface area contributed by atoms with Crippen LogP contribution in [0.3, 0.4) is 0 Å². The van der Waals surface area contributed by atoms with E-state index in [9.17, 15) is 9.59 Å². The third-order valence-corrected chi connectivity index (χ3v) is 7.97. The number of nitrogens with zero attached hydrogens (tertiary/aromatic N) is 3. The summed E-state index contributed by atoms with van der Waals surface area (Å²) >= 11 is 7.40. The number of carbonyl (C=O) groups is 2. The number of aryl methyl sites for hydroxylation is 1. The number of fused-ring (bicyclic) bond motifs is 1. The van der Waals surface area contributed by atoms with Crippen LogP contribution in [-0.4, -0.2) is 55.5 Å². The molecule has 4 aromatic rings. The number of hydrogen-bond donors (Lipinski definition) is 1. The number of carbonyl (C=O) groups excluding carboxylic acids is 2. The van der Waals surface area contributed by atoms with Crippen molar-refractivity contribution in [3.63, 3.8) is 0 Å². The molecule has 2 heterocycles. The number of amides is 2. The minimum Gasteiger partial charge on any atom is -0.493 e. The van der Waals surface area contributed by atoms with E-state index in [-0.39, 0.29) is 24.5 Å². The number of aromatic nitrogens is 1. The molecular weight excluding hydrogens is 580 g/mol. The summed E-state index contributed by atoms with van der Waals surface area (Å²) in [5, 5.41) is 9.93. The Kier molecular flexibility index (Phi) is 8.51. The molecule has 0 saturated carbocycles. The molecule has 0 bridgehead atoms. The van der Waals surface area contributed by atoms with Crippen molar-refractivity contribution in [2.75, 3.05) is 33.3 Å². The average Bonchev–Trinajstić information content (AvgIpc) is 3.60. The molecule has 0 spiro atoms. The van der Waals surface area contributed by atoms with Gasteiger partial charge in [0, 0.05) is 23.9 Å². The molecule has 12 heteroatoms. The molecule has 1 aromatic heterocycles. The lowest BCUT2D eigenvalue weighted by atomic mass is 9.97. The molecule has 2 amide bonds. The lowest BCUT2D eigenvalue weighted by molar-refractivity contribution is -0.130. The van der Waals surface area contributed by atoms with E-state index in [0.29, 0.717) is 50.8 Å². The van der Waals surface area contributed by atoms with Gasteiger partial charge < -0.3 is 18.9 Å². The van der Waals surface area contributed by atoms with Crippen LogP contribution in [0.25, 0.3) is 10.2 Å². The van der Waals surface area contributed by atoms with Crippen molar-refractivity contribution in [3.8, 4) is 23.0 Å². The molecule has 1 aliphatic rings. The summed E-state index contributed by atoms with van der Waals surface area (Å²) in [6.07, 6.45) is 0.447. The SMILES string of the molecule is COc1cc(C2=NN(C(C)=O)C(c3ccc(C)c(OCC(=O)Nc4nc5cc(Cl)ccc5s4)c3)C2)cc(OC)c1OC. The van der Waals surface area contributed by atoms with Gasteiger partial charge in [0.2, 0.25) is 11.7 Å². The van der Waals surface area contributed by atoms with Gasteiger partial charge >= 0.3 is 0 Å². The average molecular weight is 609 g/mol. The predicted octanol–water partition coefficient (Wildman–Crippen LogP) is 6.00. The summed E-state index contributed by atoms with van der Waals surface area (Å²) in [7, 11) is 4.63. The Labute approximate surface area is 251 Å². The number of methoxy groups -OCH3 is 3. The zero-order valence-corrected chi connectivity index (χ0v) is 25.3. The van der Waals surface area contributed by atoms with E-state index in [1.54, 1.807) is 33.5 Å². The second-order valence-corrected chi connectivity index (χ2v) is 11.0. The maximum Gasteiger partial charge on any atom is 0.264 e. The second kappa shape index (κ2) is 12.3. The van der Waals surface area contributed by atoms with Crippen LogP contribution in [-0.2, 0) is 9.59 Å². The normalized spacial score (nSPS) is 14.5. The van der Waals surface area contributed by atoms with E-state index in [2.05, 4.69) is 15.4 Å². The Hall–Kier alpha value is -4.35. The first-order chi connectivity index (χ1) is 20.2. The fourth-order valence-corrected chi connectivity index (χ4v) is 5.74. The Morgan fingerprint density at radius 3 is 2.43 bits per heavy atom. The molecular formula is C30H29ClN4O6S. The maximum absolute atomic E-state index is 12.7. The van der Waals surface area contributed by atoms with Crippen LogP contribution < -0.4 is 24.3 Å². The highest BCUT2D eigenvalue weighted by Gasteiger charge is 2.33. The second-order valence-electron chi connectivity index (χ2n) is 9.54. The highest BCUT2D eigenvalue weighted by molar-refractivity contribution is 7.22. The van der Waals surface area contributed by atoms with Gasteiger partial charge in [0.05, 0.1) is 43.3 Å². The molecule has 0 fully saturated rings. The van der Waals surface area contributed by atoms with Gasteiger partial charge in [-0.05, 0) is 54.4 Å². The molecule has 1 atom stereocenters. The summed E-state index contributed by atoms with van der Waals surface area (Å²) in [6, 6.07) is 14.3. The fourth-order valence-electron chi connectivity index (χ4n) is 4.71. The largest absolute Gasteiger partial charge is 0.493 e. The van der Waals surface area contributed by atoms with Crippen LogP contribution in [0, 0.1) is 6.92 Å². The van der Waals surface area contributed by atoms with Gasteiger partial charge in [-0.15, -0.1) is 0 Å². The molecule has 1 N–H and O–H groups in total. The van der Waals surface area contributed by atoms with Gasteiger partial charge in [0.1, 0.15) is 5.75 Å². The monoisotopic (exact) mass is 608 g/mol. The Bertz CT molecular complexity index is 1680. The van der Waals surface area contributed by atoms with Crippen LogP contribution in [0.5, 0.6) is 23.0 Å². The van der Waals surface area contributed by atoms with Crippen molar-refractivity contribution in [3.05, 3.63) is 70.2 Å². The molecule has 0 saturated heterocycles. The van der Waals surface area contributed by atoms with Gasteiger partial charge in [-0.2, -0.15) is 5.10 Å². The Morgan fingerprint density at radius 1 is 1.02 bits per heavy atom. The minimum absolute atomic E-state index is 0.206. The third kappa shape index (κ3) is 5.97. The standard InChI is InChI=1S/C30H29ClN4O6S/c1-16-6-7-18(10-24(16)41-15-28(37)33-30-32-22-13-20(31)8-9-27(22)42-30)23-14-21(34-35(23)17(2)36)19-11-25(38-3)29(40-5)26(12-19)39-4/h6-13,23H,14-15H2,1-5H3,(H,32,33,37). The molecule has 3 aromatic carbocycles. The number of thiazole rings is 1. The van der Waals surface area contributed by atoms with E-state index in [4.69, 9.17) is 30.5 Å². The summed E-state index contributed by atoms with van der Waals surface area (Å²) < 4.78 is 23.3. The van der Waals surface area contributed by atoms with E-state index in [1.165, 1.54) is 23.3 Å². The van der Waals surface area contributed by atoms with Crippen molar-refractivity contribution in [2.45, 2.75) is 26.3 Å². The topological polar surface area (TPSA) is 112 Å². The van der Waals surface area contributed by atoms with Crippen molar-refractivity contribution >= 4 is 55.8 Å². The van der Waals surface area contributed by atoms with E-state index < -0.39 is 0 Å². The number of hydrazone groups is 1. The van der Waals surface area contributed by atoms with Crippen molar-refractivity contribution in [2.24, 2.45) is 5.10 Å². The number of nitrogens with one attached hydrogen (secondary N) is 1. The van der Waals surface area contributed by atoms with Crippen LogP contribution in [0.1, 0.15) is 36.1 Å². The van der Waals surface area contributed by atoms with E-state index >= 15 is 0 Å². The number of ether oxygens (including phenoxy) is 4. The number of rotatable bonds is 9.